The van der Waals surface area contributed by atoms with Gasteiger partial charge in [0.2, 0.25) is 0 Å². The van der Waals surface area contributed by atoms with Crippen LogP contribution >= 0.6 is 0 Å². The molecule has 29 heavy (non-hydrogen) atoms. The Balaban J connectivity index is 1.43. The van der Waals surface area contributed by atoms with Crippen LogP contribution in [0.3, 0.4) is 0 Å². The van der Waals surface area contributed by atoms with Crippen LogP contribution in [0.2, 0.25) is 0 Å². The SMILES string of the molecule is COc1ccc([C@H]2OCCC34C[C@@H](C[C@H]23)C(C)(C)[C@H]4O)cc1CN1CCCCC1. The second-order valence-corrected chi connectivity index (χ2v) is 10.6. The van der Waals surface area contributed by atoms with Crippen molar-refractivity contribution in [3.8, 4) is 5.75 Å². The summed E-state index contributed by atoms with van der Waals surface area (Å²) in [6, 6.07) is 6.67. The first kappa shape index (κ1) is 19.8. The summed E-state index contributed by atoms with van der Waals surface area (Å²) in [5.74, 6) is 2.03. The molecule has 2 bridgehead atoms. The Morgan fingerprint density at radius 3 is 2.72 bits per heavy atom. The predicted molar refractivity (Wildman–Crippen MR) is 114 cm³/mol. The van der Waals surface area contributed by atoms with Gasteiger partial charge in [-0.2, -0.15) is 0 Å². The molecule has 0 radical (unpaired) electrons. The minimum absolute atomic E-state index is 0.0394. The molecule has 1 unspecified atom stereocenters. The van der Waals surface area contributed by atoms with E-state index in [1.807, 2.05) is 0 Å². The molecule has 1 spiro atoms. The number of piperidine rings is 1. The van der Waals surface area contributed by atoms with Crippen molar-refractivity contribution in [2.45, 2.75) is 71.1 Å². The smallest absolute Gasteiger partial charge is 0.123 e. The number of benzene rings is 1. The molecule has 2 aliphatic carbocycles. The van der Waals surface area contributed by atoms with Crippen LogP contribution < -0.4 is 4.74 Å². The number of rotatable bonds is 4. The van der Waals surface area contributed by atoms with Gasteiger partial charge in [-0.25, -0.2) is 0 Å². The van der Waals surface area contributed by atoms with Crippen LogP contribution in [-0.4, -0.2) is 42.9 Å². The number of ether oxygens (including phenoxy) is 2. The van der Waals surface area contributed by atoms with E-state index in [-0.39, 0.29) is 23.0 Å². The summed E-state index contributed by atoms with van der Waals surface area (Å²) in [6.07, 6.45) is 7.20. The van der Waals surface area contributed by atoms with Gasteiger partial charge in [-0.05, 0) is 80.1 Å². The van der Waals surface area contributed by atoms with E-state index in [0.29, 0.717) is 11.8 Å². The fraction of sp³-hybridized carbons (Fsp3) is 0.760. The first-order valence-electron chi connectivity index (χ1n) is 11.6. The Hall–Kier alpha value is -1.10. The molecule has 2 saturated heterocycles. The van der Waals surface area contributed by atoms with E-state index >= 15 is 0 Å². The monoisotopic (exact) mass is 399 g/mol. The lowest BCUT2D eigenvalue weighted by molar-refractivity contribution is -0.164. The number of fused-ring (bicyclic) bond motifs is 1. The number of hydrogen-bond donors (Lipinski definition) is 1. The molecule has 160 valence electrons. The molecule has 1 aromatic rings. The van der Waals surface area contributed by atoms with Gasteiger partial charge in [0.15, 0.2) is 0 Å². The molecule has 2 saturated carbocycles. The van der Waals surface area contributed by atoms with Gasteiger partial charge in [-0.3, -0.25) is 4.90 Å². The molecule has 4 heteroatoms. The Kier molecular flexibility index (Phi) is 4.96. The van der Waals surface area contributed by atoms with E-state index in [9.17, 15) is 5.11 Å². The summed E-state index contributed by atoms with van der Waals surface area (Å²) >= 11 is 0. The van der Waals surface area contributed by atoms with Gasteiger partial charge in [-0.1, -0.05) is 26.3 Å². The lowest BCUT2D eigenvalue weighted by atomic mass is 9.60. The molecular formula is C25H37NO3. The highest BCUT2D eigenvalue weighted by Gasteiger charge is 2.68. The van der Waals surface area contributed by atoms with Gasteiger partial charge in [0.25, 0.3) is 0 Å². The molecule has 1 N–H and O–H groups in total. The van der Waals surface area contributed by atoms with Crippen LogP contribution in [0.4, 0.5) is 0 Å². The van der Waals surface area contributed by atoms with Crippen molar-refractivity contribution >= 4 is 0 Å². The average Bonchev–Trinajstić information content (AvgIpc) is 3.22. The quantitative estimate of drug-likeness (QED) is 0.806. The second-order valence-electron chi connectivity index (χ2n) is 10.6. The van der Waals surface area contributed by atoms with Gasteiger partial charge in [0.1, 0.15) is 5.75 Å². The number of methoxy groups -OCH3 is 1. The topological polar surface area (TPSA) is 41.9 Å². The first-order valence-corrected chi connectivity index (χ1v) is 11.6. The van der Waals surface area contributed by atoms with E-state index in [4.69, 9.17) is 9.47 Å². The lowest BCUT2D eigenvalue weighted by Gasteiger charge is -2.51. The highest BCUT2D eigenvalue weighted by Crippen LogP contribution is 2.70. The van der Waals surface area contributed by atoms with E-state index in [2.05, 4.69) is 36.9 Å². The maximum atomic E-state index is 11.3. The van der Waals surface area contributed by atoms with E-state index < -0.39 is 0 Å². The summed E-state index contributed by atoms with van der Waals surface area (Å²) in [7, 11) is 1.77. The molecule has 5 rings (SSSR count). The second kappa shape index (κ2) is 7.25. The molecule has 4 fully saturated rings. The molecule has 0 aromatic heterocycles. The summed E-state index contributed by atoms with van der Waals surface area (Å²) in [5, 5.41) is 11.3. The molecule has 4 aliphatic rings. The van der Waals surface area contributed by atoms with Gasteiger partial charge in [-0.15, -0.1) is 0 Å². The van der Waals surface area contributed by atoms with E-state index in [1.54, 1.807) is 7.11 Å². The number of nitrogens with zero attached hydrogens (tertiary/aromatic N) is 1. The highest BCUT2D eigenvalue weighted by molar-refractivity contribution is 5.39. The van der Waals surface area contributed by atoms with Crippen molar-refractivity contribution in [3.63, 3.8) is 0 Å². The third-order valence-corrected chi connectivity index (χ3v) is 8.91. The van der Waals surface area contributed by atoms with Gasteiger partial charge in [0.05, 0.1) is 19.3 Å². The van der Waals surface area contributed by atoms with Crippen molar-refractivity contribution in [2.24, 2.45) is 22.7 Å². The minimum Gasteiger partial charge on any atom is -0.496 e. The normalized spacial score (nSPS) is 38.8. The largest absolute Gasteiger partial charge is 0.496 e. The zero-order valence-electron chi connectivity index (χ0n) is 18.3. The maximum Gasteiger partial charge on any atom is 0.123 e. The summed E-state index contributed by atoms with van der Waals surface area (Å²) in [6.45, 7) is 8.61. The highest BCUT2D eigenvalue weighted by atomic mass is 16.5. The fourth-order valence-electron chi connectivity index (χ4n) is 7.21. The van der Waals surface area contributed by atoms with Crippen molar-refractivity contribution in [1.82, 2.24) is 4.90 Å². The van der Waals surface area contributed by atoms with Crippen molar-refractivity contribution in [3.05, 3.63) is 29.3 Å². The molecule has 5 atom stereocenters. The Labute approximate surface area is 175 Å². The summed E-state index contributed by atoms with van der Waals surface area (Å²) in [5.41, 5.74) is 2.64. The standard InChI is InChI=1S/C25H37NO3/c1-24(2)19-14-20-22(29-12-9-25(20,15-19)23(24)27)17-7-8-21(28-3)18(13-17)16-26-10-5-4-6-11-26/h7-8,13,19-20,22-23,27H,4-6,9-12,14-16H2,1-3H3/t19-,20-,22-,23-,25?/m1/s1. The molecule has 2 aliphatic heterocycles. The molecule has 4 nitrogen and oxygen atoms in total. The van der Waals surface area contributed by atoms with E-state index in [0.717, 1.165) is 25.3 Å². The van der Waals surface area contributed by atoms with Crippen LogP contribution in [0.15, 0.2) is 18.2 Å². The average molecular weight is 400 g/mol. The van der Waals surface area contributed by atoms with Crippen molar-refractivity contribution in [1.29, 1.82) is 0 Å². The predicted octanol–water partition coefficient (Wildman–Crippen LogP) is 4.56. The van der Waals surface area contributed by atoms with Crippen LogP contribution in [0, 0.1) is 22.7 Å². The van der Waals surface area contributed by atoms with Crippen LogP contribution in [0.5, 0.6) is 5.75 Å². The van der Waals surface area contributed by atoms with Gasteiger partial charge >= 0.3 is 0 Å². The Bertz CT molecular complexity index is 756. The zero-order valence-corrected chi connectivity index (χ0v) is 18.3. The Morgan fingerprint density at radius 2 is 2.00 bits per heavy atom. The lowest BCUT2D eigenvalue weighted by Crippen LogP contribution is -2.51. The Morgan fingerprint density at radius 1 is 1.21 bits per heavy atom. The van der Waals surface area contributed by atoms with Crippen LogP contribution in [-0.2, 0) is 11.3 Å². The first-order chi connectivity index (χ1) is 14.0. The molecule has 0 amide bonds. The summed E-state index contributed by atoms with van der Waals surface area (Å²) in [4.78, 5) is 2.55. The number of aliphatic hydroxyl groups excluding tert-OH is 1. The van der Waals surface area contributed by atoms with Crippen LogP contribution in [0.1, 0.15) is 69.6 Å². The fourth-order valence-corrected chi connectivity index (χ4v) is 7.21. The van der Waals surface area contributed by atoms with Crippen molar-refractivity contribution in [2.75, 3.05) is 26.8 Å². The molecule has 1 aromatic carbocycles. The molecular weight excluding hydrogens is 362 g/mol. The maximum absolute atomic E-state index is 11.3. The minimum atomic E-state index is -0.212. The van der Waals surface area contributed by atoms with Gasteiger partial charge in [0, 0.05) is 24.1 Å². The number of aliphatic hydroxyl groups is 1. The number of likely N-dealkylation sites (tertiary alicyclic amines) is 1. The number of hydrogen-bond acceptors (Lipinski definition) is 4. The van der Waals surface area contributed by atoms with Crippen LogP contribution in [0.25, 0.3) is 0 Å². The molecule has 2 heterocycles. The van der Waals surface area contributed by atoms with Crippen molar-refractivity contribution < 1.29 is 14.6 Å². The third-order valence-electron chi connectivity index (χ3n) is 8.91. The summed E-state index contributed by atoms with van der Waals surface area (Å²) < 4.78 is 12.1. The third kappa shape index (κ3) is 3.05. The van der Waals surface area contributed by atoms with E-state index in [1.165, 1.54) is 56.3 Å². The van der Waals surface area contributed by atoms with Gasteiger partial charge < -0.3 is 14.6 Å². The zero-order chi connectivity index (χ0) is 20.2.